The first-order valence-electron chi connectivity index (χ1n) is 6.49. The van der Waals surface area contributed by atoms with Crippen molar-refractivity contribution < 1.29 is 19.0 Å². The van der Waals surface area contributed by atoms with E-state index in [9.17, 15) is 19.0 Å². The molecule has 1 aromatic carbocycles. The first kappa shape index (κ1) is 14.4. The highest BCUT2D eigenvalue weighted by Gasteiger charge is 2.60. The van der Waals surface area contributed by atoms with Crippen LogP contribution >= 0.6 is 0 Å². The molecule has 1 atom stereocenters. The van der Waals surface area contributed by atoms with Crippen LogP contribution in [0.15, 0.2) is 30.3 Å². The summed E-state index contributed by atoms with van der Waals surface area (Å²) in [5.74, 6) is -6.42. The molecule has 1 saturated heterocycles. The molecule has 0 saturated carbocycles. The Balaban J connectivity index is 2.18. The maximum absolute atomic E-state index is 14.1. The lowest BCUT2D eigenvalue weighted by Crippen LogP contribution is -2.65. The van der Waals surface area contributed by atoms with Gasteiger partial charge in [-0.05, 0) is 12.0 Å². The highest BCUT2D eigenvalue weighted by Crippen LogP contribution is 2.41. The third-order valence-corrected chi connectivity index (χ3v) is 3.76. The highest BCUT2D eigenvalue weighted by atomic mass is 19.3. The van der Waals surface area contributed by atoms with E-state index < -0.39 is 17.8 Å². The van der Waals surface area contributed by atoms with Gasteiger partial charge in [-0.15, -0.1) is 0 Å². The number of likely N-dealkylation sites (tertiary alicyclic amines) is 1. The first-order chi connectivity index (χ1) is 8.88. The predicted molar refractivity (Wildman–Crippen MR) is 67.7 cm³/mol. The second kappa shape index (κ2) is 5.15. The summed E-state index contributed by atoms with van der Waals surface area (Å²) in [5, 5.41) is 18.9. The van der Waals surface area contributed by atoms with E-state index in [1.165, 1.54) is 0 Å². The zero-order valence-corrected chi connectivity index (χ0v) is 10.9. The van der Waals surface area contributed by atoms with Crippen molar-refractivity contribution >= 4 is 0 Å². The van der Waals surface area contributed by atoms with Gasteiger partial charge in [-0.1, -0.05) is 37.3 Å². The second-order valence-corrected chi connectivity index (χ2v) is 5.07. The van der Waals surface area contributed by atoms with Crippen LogP contribution in [0, 0.1) is 0 Å². The molecule has 2 N–H and O–H groups in total. The summed E-state index contributed by atoms with van der Waals surface area (Å²) in [4.78, 5) is 1.63. The molecule has 0 bridgehead atoms. The number of nitrogens with zero attached hydrogens (tertiary/aromatic N) is 1. The van der Waals surface area contributed by atoms with E-state index in [2.05, 4.69) is 0 Å². The van der Waals surface area contributed by atoms with E-state index in [4.69, 9.17) is 0 Å². The molecule has 1 heterocycles. The van der Waals surface area contributed by atoms with Crippen molar-refractivity contribution in [1.82, 2.24) is 4.90 Å². The summed E-state index contributed by atoms with van der Waals surface area (Å²) in [6.07, 6.45) is -0.175. The van der Waals surface area contributed by atoms with Crippen molar-refractivity contribution in [2.75, 3.05) is 6.54 Å². The lowest BCUT2D eigenvalue weighted by atomic mass is 9.89. The Morgan fingerprint density at radius 3 is 2.47 bits per heavy atom. The Morgan fingerprint density at radius 1 is 1.26 bits per heavy atom. The molecular weight excluding hydrogens is 252 g/mol. The number of rotatable bonds is 3. The maximum atomic E-state index is 14.1. The van der Waals surface area contributed by atoms with E-state index in [0.29, 0.717) is 6.54 Å². The zero-order chi connectivity index (χ0) is 14.1. The van der Waals surface area contributed by atoms with Crippen LogP contribution in [0.25, 0.3) is 0 Å². The fourth-order valence-electron chi connectivity index (χ4n) is 2.64. The van der Waals surface area contributed by atoms with Crippen molar-refractivity contribution in [3.63, 3.8) is 0 Å². The lowest BCUT2D eigenvalue weighted by Gasteiger charge is -2.47. The molecule has 0 amide bonds. The Labute approximate surface area is 111 Å². The SMILES string of the molecule is CCC1N(Cc2ccccc2)CCC(O)(O)C1(F)F. The minimum absolute atomic E-state index is 0.169. The Bertz CT molecular complexity index is 423. The van der Waals surface area contributed by atoms with Crippen molar-refractivity contribution in [1.29, 1.82) is 0 Å². The average Bonchev–Trinajstić information content (AvgIpc) is 2.36. The van der Waals surface area contributed by atoms with Gasteiger partial charge in [0.2, 0.25) is 5.79 Å². The highest BCUT2D eigenvalue weighted by molar-refractivity contribution is 5.15. The van der Waals surface area contributed by atoms with Gasteiger partial charge in [0.15, 0.2) is 0 Å². The predicted octanol–water partition coefficient (Wildman–Crippen LogP) is 1.99. The minimum Gasteiger partial charge on any atom is -0.361 e. The molecule has 0 radical (unpaired) electrons. The molecule has 1 unspecified atom stereocenters. The van der Waals surface area contributed by atoms with Gasteiger partial charge >= 0.3 is 5.92 Å². The summed E-state index contributed by atoms with van der Waals surface area (Å²) in [6.45, 7) is 2.28. The van der Waals surface area contributed by atoms with Crippen molar-refractivity contribution in [2.45, 2.75) is 44.1 Å². The van der Waals surface area contributed by atoms with Crippen LogP contribution in [0.4, 0.5) is 8.78 Å². The topological polar surface area (TPSA) is 43.7 Å². The fourth-order valence-corrected chi connectivity index (χ4v) is 2.64. The van der Waals surface area contributed by atoms with Gasteiger partial charge < -0.3 is 10.2 Å². The number of aliphatic hydroxyl groups is 2. The molecule has 3 nitrogen and oxygen atoms in total. The smallest absolute Gasteiger partial charge is 0.315 e. The summed E-state index contributed by atoms with van der Waals surface area (Å²) >= 11 is 0. The van der Waals surface area contributed by atoms with Crippen LogP contribution in [0.1, 0.15) is 25.3 Å². The molecule has 106 valence electrons. The zero-order valence-electron chi connectivity index (χ0n) is 10.9. The summed E-state index contributed by atoms with van der Waals surface area (Å²) in [5.41, 5.74) is 0.945. The molecule has 0 spiro atoms. The molecule has 1 aliphatic heterocycles. The lowest BCUT2D eigenvalue weighted by molar-refractivity contribution is -0.336. The third-order valence-electron chi connectivity index (χ3n) is 3.76. The number of hydrogen-bond donors (Lipinski definition) is 2. The fraction of sp³-hybridized carbons (Fsp3) is 0.571. The summed E-state index contributed by atoms with van der Waals surface area (Å²) in [6, 6.07) is 8.20. The molecule has 1 aromatic rings. The molecular formula is C14H19F2NO2. The normalized spacial score (nSPS) is 26.3. The second-order valence-electron chi connectivity index (χ2n) is 5.07. The van der Waals surface area contributed by atoms with Gasteiger partial charge in [0.25, 0.3) is 0 Å². The summed E-state index contributed by atoms with van der Waals surface area (Å²) in [7, 11) is 0. The Kier molecular flexibility index (Phi) is 3.90. The quantitative estimate of drug-likeness (QED) is 0.826. The molecule has 5 heteroatoms. The largest absolute Gasteiger partial charge is 0.361 e. The number of benzene rings is 1. The van der Waals surface area contributed by atoms with Crippen LogP contribution < -0.4 is 0 Å². The molecule has 19 heavy (non-hydrogen) atoms. The van der Waals surface area contributed by atoms with Gasteiger partial charge in [-0.25, -0.2) is 0 Å². The van der Waals surface area contributed by atoms with E-state index in [0.717, 1.165) is 5.56 Å². The van der Waals surface area contributed by atoms with Crippen molar-refractivity contribution in [3.05, 3.63) is 35.9 Å². The summed E-state index contributed by atoms with van der Waals surface area (Å²) < 4.78 is 28.1. The molecule has 0 aliphatic carbocycles. The molecule has 1 fully saturated rings. The number of hydrogen-bond acceptors (Lipinski definition) is 3. The van der Waals surface area contributed by atoms with Crippen molar-refractivity contribution in [3.8, 4) is 0 Å². The molecule has 2 rings (SSSR count). The monoisotopic (exact) mass is 271 g/mol. The third kappa shape index (κ3) is 2.63. The van der Waals surface area contributed by atoms with Gasteiger partial charge in [0.1, 0.15) is 0 Å². The van der Waals surface area contributed by atoms with E-state index in [1.54, 1.807) is 11.8 Å². The van der Waals surface area contributed by atoms with Crippen molar-refractivity contribution in [2.24, 2.45) is 0 Å². The van der Waals surface area contributed by atoms with E-state index in [-0.39, 0.29) is 19.4 Å². The van der Waals surface area contributed by atoms with Crippen LogP contribution in [0.5, 0.6) is 0 Å². The van der Waals surface area contributed by atoms with Crippen LogP contribution in [0.3, 0.4) is 0 Å². The Morgan fingerprint density at radius 2 is 1.89 bits per heavy atom. The minimum atomic E-state index is -3.52. The maximum Gasteiger partial charge on any atom is 0.315 e. The van der Waals surface area contributed by atoms with Gasteiger partial charge in [-0.3, -0.25) is 4.90 Å². The number of piperidine rings is 1. The first-order valence-corrected chi connectivity index (χ1v) is 6.49. The van der Waals surface area contributed by atoms with Crippen LogP contribution in [-0.4, -0.2) is 39.4 Å². The Hall–Kier alpha value is -1.04. The van der Waals surface area contributed by atoms with Gasteiger partial charge in [0.05, 0.1) is 6.04 Å². The molecule has 0 aromatic heterocycles. The average molecular weight is 271 g/mol. The van der Waals surface area contributed by atoms with E-state index >= 15 is 0 Å². The number of halogens is 2. The molecule has 1 aliphatic rings. The van der Waals surface area contributed by atoms with E-state index in [1.807, 2.05) is 30.3 Å². The van der Waals surface area contributed by atoms with Crippen LogP contribution in [-0.2, 0) is 6.54 Å². The number of alkyl halides is 2. The van der Waals surface area contributed by atoms with Gasteiger partial charge in [0, 0.05) is 19.5 Å². The standard InChI is InChI=1S/C14H19F2NO2/c1-2-12-14(15,16)13(18,19)8-9-17(12)10-11-6-4-3-5-7-11/h3-7,12,18-19H,2,8-10H2,1H3. The van der Waals surface area contributed by atoms with Crippen LogP contribution in [0.2, 0.25) is 0 Å². The van der Waals surface area contributed by atoms with Gasteiger partial charge in [-0.2, -0.15) is 8.78 Å².